The number of fused-ring (bicyclic) bond motifs is 5. The van der Waals surface area contributed by atoms with E-state index in [9.17, 15) is 35.5 Å². The molecule has 2 aromatic carbocycles. The van der Waals surface area contributed by atoms with Crippen LogP contribution < -0.4 is 0 Å². The Morgan fingerprint density at radius 1 is 0.631 bits per heavy atom. The molecule has 16 heteroatoms. The SMILES string of the molecule is CC(=O)O[C@H]1CC2CCC3C(CC[C@@]4(C)C3C[C@H](N3CC[N+](C)(C)CC3)[C@@H]4OC(C)=O)[C@@]2(C)C[C@@H]1N1CC[N+](C)(C)CC1.Cc1ccc(S(=O)(=O)[O-])cc1.Cc1ccc(S(=O)(=O)[O-])cc1. The van der Waals surface area contributed by atoms with Gasteiger partial charge < -0.3 is 27.5 Å². The fraction of sp³-hybridized carbons (Fsp3) is 0.714. The van der Waals surface area contributed by atoms with Crippen molar-refractivity contribution in [2.45, 2.75) is 121 Å². The molecule has 10 atom stereocenters. The van der Waals surface area contributed by atoms with Gasteiger partial charge in [0.05, 0.1) is 64.2 Å². The van der Waals surface area contributed by atoms with E-state index in [1.54, 1.807) is 38.1 Å². The second kappa shape index (κ2) is 19.6. The molecule has 2 aliphatic heterocycles. The average molecular weight is 945 g/mol. The van der Waals surface area contributed by atoms with Crippen LogP contribution >= 0.6 is 0 Å². The number of aryl methyl sites for hydroxylation is 2. The van der Waals surface area contributed by atoms with Crippen molar-refractivity contribution in [2.75, 3.05) is 80.5 Å². The van der Waals surface area contributed by atoms with Gasteiger partial charge in [-0.05, 0) is 112 Å². The van der Waals surface area contributed by atoms with Gasteiger partial charge in [0, 0.05) is 57.5 Å². The Morgan fingerprint density at radius 3 is 1.51 bits per heavy atom. The van der Waals surface area contributed by atoms with Crippen molar-refractivity contribution in [3.05, 3.63) is 59.7 Å². The lowest BCUT2D eigenvalue weighted by Gasteiger charge is -2.62. The zero-order chi connectivity index (χ0) is 47.9. The molecule has 0 spiro atoms. The minimum atomic E-state index is -4.27. The first-order chi connectivity index (χ1) is 30.1. The third kappa shape index (κ3) is 12.0. The molecule has 4 unspecified atom stereocenters. The number of rotatable bonds is 6. The molecule has 4 aliphatic carbocycles. The van der Waals surface area contributed by atoms with E-state index < -0.39 is 20.2 Å². The van der Waals surface area contributed by atoms with E-state index in [2.05, 4.69) is 51.8 Å². The highest BCUT2D eigenvalue weighted by Crippen LogP contribution is 2.67. The summed E-state index contributed by atoms with van der Waals surface area (Å²) in [5.41, 5.74) is 2.16. The lowest BCUT2D eigenvalue weighted by atomic mass is 9.44. The number of esters is 2. The molecule has 6 aliphatic rings. The summed E-state index contributed by atoms with van der Waals surface area (Å²) < 4.78 is 76.9. The molecule has 0 N–H and O–H groups in total. The predicted molar refractivity (Wildman–Crippen MR) is 246 cm³/mol. The van der Waals surface area contributed by atoms with E-state index in [0.717, 1.165) is 91.7 Å². The van der Waals surface area contributed by atoms with Gasteiger partial charge >= 0.3 is 11.9 Å². The summed E-state index contributed by atoms with van der Waals surface area (Å²) in [6.07, 6.45) is 8.22. The van der Waals surface area contributed by atoms with Crippen LogP contribution in [0.15, 0.2) is 58.3 Å². The molecule has 14 nitrogen and oxygen atoms in total. The molecule has 0 amide bonds. The number of nitrogens with zero attached hydrogens (tertiary/aromatic N) is 4. The summed E-state index contributed by atoms with van der Waals surface area (Å²) in [6.45, 7) is 20.9. The molecule has 0 aromatic heterocycles. The number of benzene rings is 2. The van der Waals surface area contributed by atoms with Crippen LogP contribution in [0, 0.1) is 48.3 Å². The van der Waals surface area contributed by atoms with Crippen molar-refractivity contribution in [1.29, 1.82) is 0 Å². The zero-order valence-corrected chi connectivity index (χ0v) is 42.2. The maximum atomic E-state index is 12.5. The van der Waals surface area contributed by atoms with Gasteiger partial charge in [-0.1, -0.05) is 49.2 Å². The maximum absolute atomic E-state index is 12.5. The molecule has 2 heterocycles. The lowest BCUT2D eigenvalue weighted by molar-refractivity contribution is -0.894. The largest absolute Gasteiger partial charge is 0.744 e. The second-order valence-corrected chi connectivity index (χ2v) is 24.8. The van der Waals surface area contributed by atoms with Crippen LogP contribution in [-0.2, 0) is 39.3 Å². The van der Waals surface area contributed by atoms with Gasteiger partial charge in [0.15, 0.2) is 0 Å². The highest BCUT2D eigenvalue weighted by Gasteiger charge is 2.65. The van der Waals surface area contributed by atoms with Crippen LogP contribution in [0.2, 0.25) is 0 Å². The van der Waals surface area contributed by atoms with E-state index in [0.29, 0.717) is 35.8 Å². The van der Waals surface area contributed by atoms with Crippen LogP contribution in [0.3, 0.4) is 0 Å². The molecule has 2 aromatic rings. The highest BCUT2D eigenvalue weighted by molar-refractivity contribution is 7.86. The highest BCUT2D eigenvalue weighted by atomic mass is 32.2. The first-order valence-corrected chi connectivity index (χ1v) is 26.5. The Kier molecular flexibility index (Phi) is 15.5. The quantitative estimate of drug-likeness (QED) is 0.205. The summed E-state index contributed by atoms with van der Waals surface area (Å²) in [7, 11) is 0.821. The number of hydrogen-bond donors (Lipinski definition) is 0. The van der Waals surface area contributed by atoms with Crippen molar-refractivity contribution in [2.24, 2.45) is 34.5 Å². The van der Waals surface area contributed by atoms with Crippen LogP contribution in [0.1, 0.15) is 83.8 Å². The van der Waals surface area contributed by atoms with Gasteiger partial charge in [-0.25, -0.2) is 16.8 Å². The van der Waals surface area contributed by atoms with Gasteiger partial charge in [-0.15, -0.1) is 0 Å². The topological polar surface area (TPSA) is 173 Å². The van der Waals surface area contributed by atoms with Crippen molar-refractivity contribution in [1.82, 2.24) is 9.80 Å². The number of piperazine rings is 2. The fourth-order valence-electron chi connectivity index (χ4n) is 12.8. The smallest absolute Gasteiger partial charge is 0.302 e. The monoisotopic (exact) mass is 945 g/mol. The number of hydrogen-bond acceptors (Lipinski definition) is 12. The van der Waals surface area contributed by atoms with E-state index >= 15 is 0 Å². The molecule has 8 rings (SSSR count). The standard InChI is InChI=1S/C35H62N4O4.2C7H8O3S/c1-24(40)42-32-21-26-9-10-27-28(35(26,4)23-31(32)37-15-19-39(7,8)20-16-37)11-12-34(3)29(27)22-30(33(34)43-25(2)41)36-13-17-38(5,6)18-14-36;2*1-6-2-4-7(5-3-6)11(8,9)10/h26-33H,9-23H2,1-8H3;2*2-5H,1H3,(H,8,9,10)/q+2;;/p-2/t26?,27?,28?,29?,30-,31-,32-,33-,34-,35-;;/m0../s1. The average Bonchev–Trinajstić information content (AvgIpc) is 3.49. The number of likely N-dealkylation sites (N-methyl/N-ethyl adjacent to an activating group) is 2. The first kappa shape index (κ1) is 51.4. The van der Waals surface area contributed by atoms with Gasteiger partial charge in [0.1, 0.15) is 32.4 Å². The van der Waals surface area contributed by atoms with Gasteiger partial charge in [0.25, 0.3) is 0 Å². The summed E-state index contributed by atoms with van der Waals surface area (Å²) >= 11 is 0. The van der Waals surface area contributed by atoms with Crippen LogP contribution in [0.4, 0.5) is 0 Å². The van der Waals surface area contributed by atoms with Crippen molar-refractivity contribution >= 4 is 32.2 Å². The minimum Gasteiger partial charge on any atom is -0.744 e. The molecular weight excluding hydrogens is 869 g/mol. The summed E-state index contributed by atoms with van der Waals surface area (Å²) in [6, 6.07) is 12.2. The van der Waals surface area contributed by atoms with Gasteiger partial charge in [-0.3, -0.25) is 19.4 Å². The van der Waals surface area contributed by atoms with Gasteiger partial charge in [-0.2, -0.15) is 0 Å². The molecule has 0 radical (unpaired) electrons. The van der Waals surface area contributed by atoms with Crippen LogP contribution in [0.25, 0.3) is 0 Å². The maximum Gasteiger partial charge on any atom is 0.302 e. The molecule has 6 fully saturated rings. The molecule has 2 saturated heterocycles. The summed E-state index contributed by atoms with van der Waals surface area (Å²) in [5, 5.41) is 0. The Morgan fingerprint density at radius 2 is 1.08 bits per heavy atom. The Labute approximate surface area is 389 Å². The summed E-state index contributed by atoms with van der Waals surface area (Å²) in [4.78, 5) is 29.8. The number of carbonyl (C=O) groups excluding carboxylic acids is 2. The minimum absolute atomic E-state index is 0.00234. The molecule has 65 heavy (non-hydrogen) atoms. The van der Waals surface area contributed by atoms with E-state index in [-0.39, 0.29) is 44.8 Å². The molecule has 364 valence electrons. The number of carbonyl (C=O) groups is 2. The normalized spacial score (nSPS) is 34.5. The van der Waals surface area contributed by atoms with E-state index in [4.69, 9.17) is 9.47 Å². The van der Waals surface area contributed by atoms with Gasteiger partial charge in [0.2, 0.25) is 0 Å². The van der Waals surface area contributed by atoms with Crippen molar-refractivity contribution < 1.29 is 54.0 Å². The number of quaternary nitrogens is 2. The Bertz CT molecular complexity index is 2130. The fourth-order valence-corrected chi connectivity index (χ4v) is 13.7. The van der Waals surface area contributed by atoms with Crippen molar-refractivity contribution in [3.63, 3.8) is 0 Å². The van der Waals surface area contributed by atoms with Crippen LogP contribution in [-0.4, -0.2) is 161 Å². The lowest BCUT2D eigenvalue weighted by Crippen LogP contribution is -2.64. The third-order valence-electron chi connectivity index (χ3n) is 16.7. The third-order valence-corrected chi connectivity index (χ3v) is 18.4. The van der Waals surface area contributed by atoms with Crippen molar-refractivity contribution in [3.8, 4) is 0 Å². The van der Waals surface area contributed by atoms with E-state index in [1.807, 2.05) is 13.8 Å². The predicted octanol–water partition coefficient (Wildman–Crippen LogP) is 5.43. The molecular formula is C49H76N4O10S2. The number of ether oxygens (including phenoxy) is 2. The zero-order valence-electron chi connectivity index (χ0n) is 40.5. The van der Waals surface area contributed by atoms with Crippen LogP contribution in [0.5, 0.6) is 0 Å². The summed E-state index contributed by atoms with van der Waals surface area (Å²) in [5.74, 6) is 2.35. The first-order valence-electron chi connectivity index (χ1n) is 23.6. The molecule has 4 saturated carbocycles. The second-order valence-electron chi connectivity index (χ2n) is 22.1. The Hall–Kier alpha value is -2.96. The van der Waals surface area contributed by atoms with E-state index in [1.165, 1.54) is 49.9 Å². The molecule has 0 bridgehead atoms. The Balaban J connectivity index is 0.000000259.